The third-order valence-electron chi connectivity index (χ3n) is 9.25. The van der Waals surface area contributed by atoms with Crippen molar-refractivity contribution in [2.75, 3.05) is 39.5 Å². The topological polar surface area (TPSA) is 250 Å². The Balaban J connectivity index is 0.000000243. The second kappa shape index (κ2) is 19.1. The highest BCUT2D eigenvalue weighted by Crippen LogP contribution is 2.31. The first-order valence-corrected chi connectivity index (χ1v) is 24.7. The molecule has 0 saturated heterocycles. The van der Waals surface area contributed by atoms with Gasteiger partial charge in [-0.25, -0.2) is 26.8 Å². The Labute approximate surface area is 373 Å². The van der Waals surface area contributed by atoms with Crippen LogP contribution >= 0.6 is 0 Å². The zero-order valence-electron chi connectivity index (χ0n) is 37.0. The van der Waals surface area contributed by atoms with Gasteiger partial charge in [-0.05, 0) is 84.9 Å². The van der Waals surface area contributed by atoms with E-state index in [1.807, 2.05) is 50.7 Å². The van der Waals surface area contributed by atoms with Crippen molar-refractivity contribution in [1.82, 2.24) is 19.1 Å². The van der Waals surface area contributed by atoms with Gasteiger partial charge < -0.3 is 24.9 Å². The summed E-state index contributed by atoms with van der Waals surface area (Å²) in [6.07, 6.45) is 0.995. The van der Waals surface area contributed by atoms with Crippen LogP contribution in [-0.2, 0) is 67.9 Å². The summed E-state index contributed by atoms with van der Waals surface area (Å²) in [6.45, 7) is 15.4. The Kier molecular flexibility index (Phi) is 14.7. The molecule has 0 spiro atoms. The number of sulfonamides is 2. The lowest BCUT2D eigenvalue weighted by Crippen LogP contribution is -2.21. The molecule has 0 fully saturated rings. The molecule has 0 aliphatic carbocycles. The lowest BCUT2D eigenvalue weighted by molar-refractivity contribution is -0.115. The van der Waals surface area contributed by atoms with E-state index in [1.54, 1.807) is 36.4 Å². The van der Waals surface area contributed by atoms with E-state index >= 15 is 0 Å². The first-order chi connectivity index (χ1) is 29.7. The van der Waals surface area contributed by atoms with E-state index in [2.05, 4.69) is 30.0 Å². The van der Waals surface area contributed by atoms with Crippen molar-refractivity contribution < 1.29 is 44.1 Å². The van der Waals surface area contributed by atoms with E-state index in [-0.39, 0.29) is 52.2 Å². The molecule has 2 aromatic heterocycles. The third-order valence-corrected chi connectivity index (χ3v) is 12.6. The van der Waals surface area contributed by atoms with Crippen molar-refractivity contribution in [1.29, 1.82) is 0 Å². The summed E-state index contributed by atoms with van der Waals surface area (Å²) in [5.74, 6) is 1.06. The van der Waals surface area contributed by atoms with Crippen LogP contribution in [-0.4, -0.2) is 80.7 Å². The van der Waals surface area contributed by atoms with Gasteiger partial charge in [0.05, 0.1) is 62.7 Å². The summed E-state index contributed by atoms with van der Waals surface area (Å²) >= 11 is 0. The molecule has 5 N–H and O–H groups in total. The molecule has 64 heavy (non-hydrogen) atoms. The van der Waals surface area contributed by atoms with Crippen LogP contribution in [0.25, 0.3) is 22.1 Å². The number of amides is 2. The Morgan fingerprint density at radius 2 is 0.953 bits per heavy atom. The van der Waals surface area contributed by atoms with E-state index in [9.17, 15) is 39.9 Å². The maximum atomic E-state index is 12.8. The van der Waals surface area contributed by atoms with Crippen LogP contribution in [0.3, 0.4) is 0 Å². The fourth-order valence-corrected chi connectivity index (χ4v) is 9.11. The first kappa shape index (κ1) is 49.2. The lowest BCUT2D eigenvalue weighted by atomic mass is 9.95. The molecule has 6 aromatic rings. The molecule has 344 valence electrons. The number of aromatic nitrogens is 4. The van der Waals surface area contributed by atoms with Crippen molar-refractivity contribution in [3.05, 3.63) is 96.6 Å². The minimum absolute atomic E-state index is 0.0165. The minimum Gasteiger partial charge on any atom is -0.395 e. The zero-order valence-corrected chi connectivity index (χ0v) is 39.5. The lowest BCUT2D eigenvalue weighted by Gasteiger charge is -2.20. The second-order valence-corrected chi connectivity index (χ2v) is 22.0. The van der Waals surface area contributed by atoms with Crippen LogP contribution < -0.4 is 20.1 Å². The van der Waals surface area contributed by atoms with Crippen LogP contribution in [0.2, 0.25) is 0 Å². The Morgan fingerprint density at radius 1 is 0.594 bits per heavy atom. The molecular weight excluding hydrogens is 885 g/mol. The number of hydrogen-bond acceptors (Lipinski definition) is 12. The van der Waals surface area contributed by atoms with E-state index in [4.69, 9.17) is 4.18 Å². The van der Waals surface area contributed by atoms with Crippen molar-refractivity contribution in [2.24, 2.45) is 0 Å². The number of carbonyl (C=O) groups excluding carboxylic acids is 2. The van der Waals surface area contributed by atoms with Crippen LogP contribution in [0.5, 0.6) is 0 Å². The Hall–Kier alpha value is -5.87. The number of fused-ring (bicyclic) bond motifs is 2. The van der Waals surface area contributed by atoms with Gasteiger partial charge in [-0.2, -0.15) is 8.42 Å². The van der Waals surface area contributed by atoms with E-state index < -0.39 is 30.2 Å². The molecule has 0 unspecified atom stereocenters. The molecule has 6 rings (SSSR count). The molecule has 0 radical (unpaired) electrons. The standard InChI is InChI=1S/C22H28N4O6S2.C21H26N4O4S/c1-15(27)23-16-6-9-18(10-7-16)34(30,31)25-17-8-11-20-19(14-17)24-21(22(2,3)4)26(20)12-13-32-33(5,28)29;1-14(27)22-15-5-8-17(9-6-15)30(28,29)24-16-7-10-19-18(13-16)23-20(21(2,3)4)25(19)11-12-26/h6-11,14,25H,12-13H2,1-5H3,(H,23,27);5-10,13,24,26H,11-12H2,1-4H3,(H,22,27). The number of aliphatic hydroxyl groups is 1. The Bertz CT molecular complexity index is 3010. The molecule has 2 heterocycles. The highest BCUT2D eigenvalue weighted by atomic mass is 32.2. The largest absolute Gasteiger partial charge is 0.395 e. The number of anilines is 4. The smallest absolute Gasteiger partial charge is 0.264 e. The van der Waals surface area contributed by atoms with Gasteiger partial charge >= 0.3 is 0 Å². The molecule has 0 saturated carbocycles. The van der Waals surface area contributed by atoms with Crippen molar-refractivity contribution in [2.45, 2.75) is 89.1 Å². The molecule has 4 aromatic carbocycles. The predicted molar refractivity (Wildman–Crippen MR) is 248 cm³/mol. The minimum atomic E-state index is -3.87. The van der Waals surface area contributed by atoms with Gasteiger partial charge in [0.25, 0.3) is 30.2 Å². The van der Waals surface area contributed by atoms with Crippen LogP contribution in [0, 0.1) is 0 Å². The number of aliphatic hydroxyl groups excluding tert-OH is 1. The van der Waals surface area contributed by atoms with Gasteiger partial charge in [-0.1, -0.05) is 41.5 Å². The van der Waals surface area contributed by atoms with Gasteiger partial charge in [-0.3, -0.25) is 23.2 Å². The van der Waals surface area contributed by atoms with Crippen LogP contribution in [0.4, 0.5) is 22.7 Å². The van der Waals surface area contributed by atoms with Crippen molar-refractivity contribution in [3.8, 4) is 0 Å². The summed E-state index contributed by atoms with van der Waals surface area (Å²) in [4.78, 5) is 31.7. The molecule has 0 atom stereocenters. The maximum Gasteiger partial charge on any atom is 0.264 e. The summed E-state index contributed by atoms with van der Waals surface area (Å²) in [7, 11) is -11.3. The van der Waals surface area contributed by atoms with Crippen LogP contribution in [0.1, 0.15) is 67.0 Å². The second-order valence-electron chi connectivity index (χ2n) is 17.0. The van der Waals surface area contributed by atoms with Crippen molar-refractivity contribution in [3.63, 3.8) is 0 Å². The van der Waals surface area contributed by atoms with Gasteiger partial charge in [0.2, 0.25) is 11.8 Å². The summed E-state index contributed by atoms with van der Waals surface area (Å²) in [5.41, 5.74) is 3.92. The number of nitrogens with one attached hydrogen (secondary N) is 4. The van der Waals surface area contributed by atoms with Gasteiger partial charge in [-0.15, -0.1) is 0 Å². The highest BCUT2D eigenvalue weighted by molar-refractivity contribution is 7.93. The average molecular weight is 939 g/mol. The fourth-order valence-electron chi connectivity index (χ4n) is 6.63. The summed E-state index contributed by atoms with van der Waals surface area (Å²) in [5, 5.41) is 14.6. The average Bonchev–Trinajstić information content (AvgIpc) is 3.72. The molecule has 0 aliphatic rings. The normalized spacial score (nSPS) is 12.4. The van der Waals surface area contributed by atoms with E-state index in [0.29, 0.717) is 46.2 Å². The molecule has 0 bridgehead atoms. The summed E-state index contributed by atoms with van der Waals surface area (Å²) < 4.78 is 87.7. The van der Waals surface area contributed by atoms with Gasteiger partial charge in [0.1, 0.15) is 11.6 Å². The fraction of sp³-hybridized carbons (Fsp3) is 0.349. The number of carbonyl (C=O) groups is 2. The third kappa shape index (κ3) is 12.6. The Morgan fingerprint density at radius 3 is 1.28 bits per heavy atom. The quantitative estimate of drug-likeness (QED) is 0.0772. The van der Waals surface area contributed by atoms with Crippen LogP contribution in [0.15, 0.2) is 94.7 Å². The van der Waals surface area contributed by atoms with E-state index in [1.165, 1.54) is 62.4 Å². The SMILES string of the molecule is CC(=O)Nc1ccc(S(=O)(=O)Nc2ccc3c(c2)nc(C(C)(C)C)n3CCO)cc1.CC(=O)Nc1ccc(S(=O)(=O)Nc2ccc3c(c2)nc(C(C)(C)C)n3CCOS(C)(=O)=O)cc1. The number of imidazole rings is 2. The summed E-state index contributed by atoms with van der Waals surface area (Å²) in [6, 6.07) is 21.9. The molecular formula is C43H54N8O10S3. The molecule has 0 aliphatic heterocycles. The monoisotopic (exact) mass is 938 g/mol. The van der Waals surface area contributed by atoms with E-state index in [0.717, 1.165) is 23.1 Å². The van der Waals surface area contributed by atoms with Gasteiger partial charge in [0, 0.05) is 49.1 Å². The molecule has 2 amide bonds. The maximum absolute atomic E-state index is 12.8. The zero-order chi connectivity index (χ0) is 47.4. The van der Waals surface area contributed by atoms with Crippen molar-refractivity contribution >= 4 is 86.8 Å². The number of nitrogens with zero attached hydrogens (tertiary/aromatic N) is 4. The number of hydrogen-bond donors (Lipinski definition) is 5. The highest BCUT2D eigenvalue weighted by Gasteiger charge is 2.25. The predicted octanol–water partition coefficient (Wildman–Crippen LogP) is 6.15. The number of rotatable bonds is 14. The molecule has 21 heteroatoms. The number of benzene rings is 4. The molecule has 18 nitrogen and oxygen atoms in total. The first-order valence-electron chi connectivity index (χ1n) is 19.9. The van der Waals surface area contributed by atoms with Gasteiger partial charge in [0.15, 0.2) is 0 Å².